The molecule has 1 rings (SSSR count). The van der Waals surface area contributed by atoms with Crippen LogP contribution in [0.2, 0.25) is 0 Å². The first-order valence-corrected chi connectivity index (χ1v) is 6.16. The summed E-state index contributed by atoms with van der Waals surface area (Å²) in [5, 5.41) is 0. The minimum atomic E-state index is -0.116. The highest BCUT2D eigenvalue weighted by Gasteiger charge is 2.09. The van der Waals surface area contributed by atoms with E-state index in [1.54, 1.807) is 7.11 Å². The van der Waals surface area contributed by atoms with Gasteiger partial charge in [-0.05, 0) is 31.9 Å². The van der Waals surface area contributed by atoms with Crippen LogP contribution in [0, 0.1) is 0 Å². The van der Waals surface area contributed by atoms with E-state index < -0.39 is 0 Å². The molecule has 0 aliphatic carbocycles. The molecule has 96 valence electrons. The third kappa shape index (κ3) is 4.75. The fourth-order valence-electron chi connectivity index (χ4n) is 1.77. The maximum atomic E-state index is 5.51. The normalized spacial score (nSPS) is 10.8. The van der Waals surface area contributed by atoms with Crippen molar-refractivity contribution in [3.05, 3.63) is 29.8 Å². The lowest BCUT2D eigenvalue weighted by molar-refractivity contribution is -0.139. The fraction of sp³-hybridized carbons (Fsp3) is 0.571. The van der Waals surface area contributed by atoms with Gasteiger partial charge in [0.1, 0.15) is 5.75 Å². The Morgan fingerprint density at radius 1 is 1.06 bits per heavy atom. The third-order valence-corrected chi connectivity index (χ3v) is 2.55. The summed E-state index contributed by atoms with van der Waals surface area (Å²) in [4.78, 5) is 0. The summed E-state index contributed by atoms with van der Waals surface area (Å²) in [5.41, 5.74) is 1.19. The van der Waals surface area contributed by atoms with Gasteiger partial charge in [-0.3, -0.25) is 0 Å². The zero-order valence-electron chi connectivity index (χ0n) is 10.9. The van der Waals surface area contributed by atoms with Crippen molar-refractivity contribution in [2.45, 2.75) is 33.0 Å². The molecule has 0 radical (unpaired) electrons. The van der Waals surface area contributed by atoms with E-state index in [0.717, 1.165) is 18.6 Å². The van der Waals surface area contributed by atoms with Gasteiger partial charge in [-0.2, -0.15) is 0 Å². The highest BCUT2D eigenvalue weighted by molar-refractivity contribution is 5.33. The Morgan fingerprint density at radius 3 is 2.29 bits per heavy atom. The van der Waals surface area contributed by atoms with Gasteiger partial charge in [0.2, 0.25) is 0 Å². The smallest absolute Gasteiger partial charge is 0.157 e. The number of aryl methyl sites for hydroxylation is 1. The van der Waals surface area contributed by atoms with Crippen LogP contribution in [0.15, 0.2) is 24.3 Å². The van der Waals surface area contributed by atoms with Crippen LogP contribution in [-0.2, 0) is 15.9 Å². The van der Waals surface area contributed by atoms with Gasteiger partial charge in [0.15, 0.2) is 6.29 Å². The largest absolute Gasteiger partial charge is 0.496 e. The summed E-state index contributed by atoms with van der Waals surface area (Å²) in [6.45, 7) is 5.32. The minimum Gasteiger partial charge on any atom is -0.496 e. The highest BCUT2D eigenvalue weighted by atomic mass is 16.7. The molecule has 0 amide bonds. The van der Waals surface area contributed by atoms with E-state index in [0.29, 0.717) is 13.2 Å². The summed E-state index contributed by atoms with van der Waals surface area (Å²) in [6, 6.07) is 8.05. The van der Waals surface area contributed by atoms with E-state index in [2.05, 4.69) is 6.07 Å². The molecule has 0 atom stereocenters. The van der Waals surface area contributed by atoms with Crippen molar-refractivity contribution in [1.82, 2.24) is 0 Å². The zero-order chi connectivity index (χ0) is 12.5. The summed E-state index contributed by atoms with van der Waals surface area (Å²) in [5.74, 6) is 0.930. The Labute approximate surface area is 104 Å². The second-order valence-corrected chi connectivity index (χ2v) is 3.69. The zero-order valence-corrected chi connectivity index (χ0v) is 10.9. The molecule has 1 aromatic carbocycles. The average molecular weight is 238 g/mol. The lowest BCUT2D eigenvalue weighted by Crippen LogP contribution is -2.18. The maximum Gasteiger partial charge on any atom is 0.157 e. The molecular formula is C14H22O3. The predicted octanol–water partition coefficient (Wildman–Crippen LogP) is 3.03. The first-order chi connectivity index (χ1) is 8.31. The molecule has 0 spiro atoms. The van der Waals surface area contributed by atoms with Crippen molar-refractivity contribution < 1.29 is 14.2 Å². The molecule has 0 N–H and O–H groups in total. The molecule has 0 aliphatic heterocycles. The first kappa shape index (κ1) is 14.0. The van der Waals surface area contributed by atoms with E-state index in [1.165, 1.54) is 5.56 Å². The summed E-state index contributed by atoms with van der Waals surface area (Å²) in [6.07, 6.45) is 1.63. The first-order valence-electron chi connectivity index (χ1n) is 6.16. The van der Waals surface area contributed by atoms with E-state index in [4.69, 9.17) is 14.2 Å². The maximum absolute atomic E-state index is 5.51. The fourth-order valence-corrected chi connectivity index (χ4v) is 1.77. The van der Waals surface area contributed by atoms with Crippen molar-refractivity contribution in [3.63, 3.8) is 0 Å². The topological polar surface area (TPSA) is 27.7 Å². The second-order valence-electron chi connectivity index (χ2n) is 3.69. The molecule has 0 bridgehead atoms. The van der Waals surface area contributed by atoms with Gasteiger partial charge in [-0.25, -0.2) is 0 Å². The number of methoxy groups -OCH3 is 1. The lowest BCUT2D eigenvalue weighted by Gasteiger charge is -2.17. The molecule has 0 aliphatic rings. The van der Waals surface area contributed by atoms with Gasteiger partial charge >= 0.3 is 0 Å². The van der Waals surface area contributed by atoms with E-state index in [1.807, 2.05) is 32.0 Å². The van der Waals surface area contributed by atoms with Gasteiger partial charge in [0.25, 0.3) is 0 Å². The Hall–Kier alpha value is -1.06. The molecule has 0 unspecified atom stereocenters. The van der Waals surface area contributed by atoms with Crippen LogP contribution in [0.4, 0.5) is 0 Å². The van der Waals surface area contributed by atoms with Crippen LogP contribution < -0.4 is 4.74 Å². The number of ether oxygens (including phenoxy) is 3. The van der Waals surface area contributed by atoms with Gasteiger partial charge in [0, 0.05) is 19.6 Å². The Bertz CT molecular complexity index is 306. The number of rotatable bonds is 8. The standard InChI is InChI=1S/C14H22O3/c1-4-16-14(17-5-2)11-10-12-8-6-7-9-13(12)15-3/h6-9,14H,4-5,10-11H2,1-3H3. The quantitative estimate of drug-likeness (QED) is 0.651. The average Bonchev–Trinajstić information content (AvgIpc) is 2.37. The van der Waals surface area contributed by atoms with Crippen LogP contribution in [0.5, 0.6) is 5.75 Å². The molecule has 3 heteroatoms. The van der Waals surface area contributed by atoms with E-state index in [9.17, 15) is 0 Å². The molecule has 0 heterocycles. The summed E-state index contributed by atoms with van der Waals surface area (Å²) in [7, 11) is 1.70. The van der Waals surface area contributed by atoms with Crippen molar-refractivity contribution in [3.8, 4) is 5.75 Å². The van der Waals surface area contributed by atoms with Gasteiger partial charge in [-0.1, -0.05) is 18.2 Å². The van der Waals surface area contributed by atoms with Crippen LogP contribution in [-0.4, -0.2) is 26.6 Å². The van der Waals surface area contributed by atoms with Gasteiger partial charge in [-0.15, -0.1) is 0 Å². The van der Waals surface area contributed by atoms with Crippen LogP contribution in [0.1, 0.15) is 25.8 Å². The third-order valence-electron chi connectivity index (χ3n) is 2.55. The van der Waals surface area contributed by atoms with Crippen molar-refractivity contribution in [1.29, 1.82) is 0 Å². The molecule has 17 heavy (non-hydrogen) atoms. The van der Waals surface area contributed by atoms with Crippen molar-refractivity contribution in [2.75, 3.05) is 20.3 Å². The minimum absolute atomic E-state index is 0.116. The number of para-hydroxylation sites is 1. The highest BCUT2D eigenvalue weighted by Crippen LogP contribution is 2.20. The number of hydrogen-bond donors (Lipinski definition) is 0. The van der Waals surface area contributed by atoms with Crippen LogP contribution in [0.3, 0.4) is 0 Å². The number of benzene rings is 1. The van der Waals surface area contributed by atoms with Crippen molar-refractivity contribution in [2.24, 2.45) is 0 Å². The number of hydrogen-bond acceptors (Lipinski definition) is 3. The molecule has 0 aromatic heterocycles. The Kier molecular flexibility index (Phi) is 6.67. The predicted molar refractivity (Wildman–Crippen MR) is 68.4 cm³/mol. The monoisotopic (exact) mass is 238 g/mol. The van der Waals surface area contributed by atoms with Crippen molar-refractivity contribution >= 4 is 0 Å². The van der Waals surface area contributed by atoms with Crippen LogP contribution >= 0.6 is 0 Å². The van der Waals surface area contributed by atoms with Gasteiger partial charge < -0.3 is 14.2 Å². The van der Waals surface area contributed by atoms with E-state index in [-0.39, 0.29) is 6.29 Å². The molecule has 0 saturated heterocycles. The summed E-state index contributed by atoms with van der Waals surface area (Å²) < 4.78 is 16.3. The molecule has 0 fully saturated rings. The lowest BCUT2D eigenvalue weighted by atomic mass is 10.1. The van der Waals surface area contributed by atoms with Crippen LogP contribution in [0.25, 0.3) is 0 Å². The second kappa shape index (κ2) is 8.09. The molecule has 3 nitrogen and oxygen atoms in total. The Morgan fingerprint density at radius 2 is 1.71 bits per heavy atom. The molecule has 1 aromatic rings. The van der Waals surface area contributed by atoms with Gasteiger partial charge in [0.05, 0.1) is 7.11 Å². The van der Waals surface area contributed by atoms with E-state index >= 15 is 0 Å². The summed E-state index contributed by atoms with van der Waals surface area (Å²) >= 11 is 0. The SMILES string of the molecule is CCOC(CCc1ccccc1OC)OCC. The molecule has 0 saturated carbocycles. The Balaban J connectivity index is 2.52. The molecular weight excluding hydrogens is 216 g/mol.